The number of piperazine rings is 1. The number of fused-ring (bicyclic) bond motifs is 2. The Morgan fingerprint density at radius 2 is 2.15 bits per heavy atom. The molecule has 4 heterocycles. The highest BCUT2D eigenvalue weighted by Gasteiger charge is 2.31. The van der Waals surface area contributed by atoms with Crippen molar-refractivity contribution in [2.75, 3.05) is 54.9 Å². The van der Waals surface area contributed by atoms with Crippen molar-refractivity contribution in [3.05, 3.63) is 17.4 Å². The van der Waals surface area contributed by atoms with Crippen LogP contribution in [0.25, 0.3) is 10.9 Å². The lowest BCUT2D eigenvalue weighted by atomic mass is 10.1. The minimum Gasteiger partial charge on any atom is -0.368 e. The van der Waals surface area contributed by atoms with Crippen molar-refractivity contribution in [1.82, 2.24) is 19.9 Å². The molecule has 2 fully saturated rings. The zero-order valence-corrected chi connectivity index (χ0v) is 16.8. The lowest BCUT2D eigenvalue weighted by Crippen LogP contribution is -2.50. The van der Waals surface area contributed by atoms with Gasteiger partial charge in [0, 0.05) is 43.9 Å². The maximum atomic E-state index is 11.4. The van der Waals surface area contributed by atoms with E-state index in [-0.39, 0.29) is 12.3 Å². The summed E-state index contributed by atoms with van der Waals surface area (Å²) in [5.74, 6) is 1.28. The van der Waals surface area contributed by atoms with E-state index in [0.717, 1.165) is 25.0 Å². The van der Waals surface area contributed by atoms with Crippen LogP contribution in [0.15, 0.2) is 12.3 Å². The van der Waals surface area contributed by atoms with Crippen molar-refractivity contribution in [3.8, 4) is 0 Å². The third kappa shape index (κ3) is 4.25. The molecule has 0 saturated carbocycles. The van der Waals surface area contributed by atoms with Crippen LogP contribution in [0.3, 0.4) is 0 Å². The van der Waals surface area contributed by atoms with Crippen LogP contribution in [-0.2, 0) is 9.84 Å². The number of pyridine rings is 1. The Balaban J connectivity index is 1.64. The number of rotatable bonds is 5. The van der Waals surface area contributed by atoms with E-state index in [1.807, 2.05) is 0 Å². The number of anilines is 2. The fourth-order valence-corrected chi connectivity index (χ4v) is 4.43. The Morgan fingerprint density at radius 1 is 1.30 bits per heavy atom. The standard InChI is InChI=1S/C17H23ClN6O2S/c1-27(25,26)8-4-19-16-13-9-15(18)20-10-14(13)21-17(22-16)24-7-6-23-5-2-3-12(23)11-24/h9-10,12H,2-8,11H2,1H3,(H,19,21,22). The first kappa shape index (κ1) is 18.6. The average molecular weight is 411 g/mol. The fraction of sp³-hybridized carbons (Fsp3) is 0.588. The summed E-state index contributed by atoms with van der Waals surface area (Å²) in [6.07, 6.45) is 5.31. The van der Waals surface area contributed by atoms with Crippen LogP contribution in [0.2, 0.25) is 5.15 Å². The number of halogens is 1. The van der Waals surface area contributed by atoms with Gasteiger partial charge in [-0.05, 0) is 25.5 Å². The van der Waals surface area contributed by atoms with E-state index in [4.69, 9.17) is 16.6 Å². The molecule has 0 bridgehead atoms. The lowest BCUT2D eigenvalue weighted by molar-refractivity contribution is 0.230. The highest BCUT2D eigenvalue weighted by molar-refractivity contribution is 7.90. The summed E-state index contributed by atoms with van der Waals surface area (Å²) in [7, 11) is -3.06. The molecule has 2 saturated heterocycles. The highest BCUT2D eigenvalue weighted by Crippen LogP contribution is 2.28. The number of nitrogens with zero attached hydrogens (tertiary/aromatic N) is 5. The molecule has 0 amide bonds. The van der Waals surface area contributed by atoms with Crippen LogP contribution in [0.5, 0.6) is 0 Å². The summed E-state index contributed by atoms with van der Waals surface area (Å²) in [4.78, 5) is 18.3. The number of aromatic nitrogens is 3. The average Bonchev–Trinajstić information content (AvgIpc) is 3.08. The molecule has 146 valence electrons. The molecule has 10 heteroatoms. The third-order valence-electron chi connectivity index (χ3n) is 5.17. The molecule has 2 aromatic heterocycles. The number of hydrogen-bond donors (Lipinski definition) is 1. The fourth-order valence-electron chi connectivity index (χ4n) is 3.80. The second-order valence-corrected chi connectivity index (χ2v) is 9.88. The number of sulfone groups is 1. The van der Waals surface area contributed by atoms with Crippen molar-refractivity contribution in [3.63, 3.8) is 0 Å². The van der Waals surface area contributed by atoms with Crippen molar-refractivity contribution < 1.29 is 8.42 Å². The molecule has 1 N–H and O–H groups in total. The van der Waals surface area contributed by atoms with E-state index in [1.54, 1.807) is 12.3 Å². The van der Waals surface area contributed by atoms with Crippen LogP contribution in [0, 0.1) is 0 Å². The van der Waals surface area contributed by atoms with E-state index in [2.05, 4.69) is 25.1 Å². The van der Waals surface area contributed by atoms with Gasteiger partial charge in [0.1, 0.15) is 20.8 Å². The first-order valence-electron chi connectivity index (χ1n) is 9.13. The second-order valence-electron chi connectivity index (χ2n) is 7.23. The largest absolute Gasteiger partial charge is 0.368 e. The summed E-state index contributed by atoms with van der Waals surface area (Å²) in [6.45, 7) is 4.27. The smallest absolute Gasteiger partial charge is 0.228 e. The number of hydrogen-bond acceptors (Lipinski definition) is 8. The first-order valence-corrected chi connectivity index (χ1v) is 11.6. The summed E-state index contributed by atoms with van der Waals surface area (Å²) >= 11 is 6.04. The molecule has 1 unspecified atom stereocenters. The van der Waals surface area contributed by atoms with Gasteiger partial charge in [-0.3, -0.25) is 4.90 Å². The molecule has 8 nitrogen and oxygen atoms in total. The molecule has 2 aliphatic rings. The van der Waals surface area contributed by atoms with Crippen molar-refractivity contribution >= 4 is 44.1 Å². The van der Waals surface area contributed by atoms with Crippen LogP contribution < -0.4 is 10.2 Å². The molecule has 2 aliphatic heterocycles. The topological polar surface area (TPSA) is 91.3 Å². The predicted molar refractivity (Wildman–Crippen MR) is 107 cm³/mol. The monoisotopic (exact) mass is 410 g/mol. The Labute approximate surface area is 163 Å². The van der Waals surface area contributed by atoms with Crippen LogP contribution in [0.1, 0.15) is 12.8 Å². The minimum absolute atomic E-state index is 0.0351. The Kier molecular flexibility index (Phi) is 5.09. The molecular weight excluding hydrogens is 388 g/mol. The van der Waals surface area contributed by atoms with E-state index < -0.39 is 9.84 Å². The highest BCUT2D eigenvalue weighted by atomic mass is 35.5. The second kappa shape index (κ2) is 7.37. The molecule has 0 spiro atoms. The van der Waals surface area contributed by atoms with E-state index in [0.29, 0.717) is 28.5 Å². The van der Waals surface area contributed by atoms with Crippen LogP contribution >= 0.6 is 11.6 Å². The third-order valence-corrected chi connectivity index (χ3v) is 6.32. The van der Waals surface area contributed by atoms with Gasteiger partial charge in [-0.2, -0.15) is 4.98 Å². The molecule has 0 radical (unpaired) electrons. The predicted octanol–water partition coefficient (Wildman–Crippen LogP) is 1.42. The first-order chi connectivity index (χ1) is 12.9. The Bertz CT molecular complexity index is 954. The molecule has 27 heavy (non-hydrogen) atoms. The lowest BCUT2D eigenvalue weighted by Gasteiger charge is -2.37. The summed E-state index contributed by atoms with van der Waals surface area (Å²) in [5.41, 5.74) is 0.695. The summed E-state index contributed by atoms with van der Waals surface area (Å²) < 4.78 is 22.9. The Hall–Kier alpha value is -1.71. The quantitative estimate of drug-likeness (QED) is 0.740. The molecule has 0 aromatic carbocycles. The van der Waals surface area contributed by atoms with E-state index in [9.17, 15) is 8.42 Å². The van der Waals surface area contributed by atoms with Gasteiger partial charge < -0.3 is 10.2 Å². The van der Waals surface area contributed by atoms with Crippen molar-refractivity contribution in [2.45, 2.75) is 18.9 Å². The van der Waals surface area contributed by atoms with Crippen LogP contribution in [0.4, 0.5) is 11.8 Å². The maximum absolute atomic E-state index is 11.4. The number of nitrogens with one attached hydrogen (secondary N) is 1. The van der Waals surface area contributed by atoms with Gasteiger partial charge in [-0.25, -0.2) is 18.4 Å². The molecule has 1 atom stereocenters. The van der Waals surface area contributed by atoms with Crippen LogP contribution in [-0.4, -0.2) is 79.0 Å². The van der Waals surface area contributed by atoms with Gasteiger partial charge in [-0.1, -0.05) is 11.6 Å². The zero-order chi connectivity index (χ0) is 19.0. The normalized spacial score (nSPS) is 20.8. The molecular formula is C17H23ClN6O2S. The zero-order valence-electron chi connectivity index (χ0n) is 15.2. The minimum atomic E-state index is -3.06. The van der Waals surface area contributed by atoms with Gasteiger partial charge in [-0.15, -0.1) is 0 Å². The maximum Gasteiger partial charge on any atom is 0.228 e. The van der Waals surface area contributed by atoms with Gasteiger partial charge in [0.05, 0.1) is 17.5 Å². The van der Waals surface area contributed by atoms with E-state index >= 15 is 0 Å². The van der Waals surface area contributed by atoms with Gasteiger partial charge in [0.15, 0.2) is 0 Å². The molecule has 2 aromatic rings. The summed E-state index contributed by atoms with van der Waals surface area (Å²) in [6, 6.07) is 2.27. The van der Waals surface area contributed by atoms with Crippen molar-refractivity contribution in [2.24, 2.45) is 0 Å². The van der Waals surface area contributed by atoms with E-state index in [1.165, 1.54) is 25.6 Å². The molecule has 4 rings (SSSR count). The Morgan fingerprint density at radius 3 is 2.96 bits per heavy atom. The van der Waals surface area contributed by atoms with Gasteiger partial charge >= 0.3 is 0 Å². The SMILES string of the molecule is CS(=O)(=O)CCNc1nc(N2CCN3CCCC3C2)nc2cnc(Cl)cc12. The van der Waals surface area contributed by atoms with Gasteiger partial charge in [0.2, 0.25) is 5.95 Å². The van der Waals surface area contributed by atoms with Crippen molar-refractivity contribution in [1.29, 1.82) is 0 Å². The van der Waals surface area contributed by atoms with Gasteiger partial charge in [0.25, 0.3) is 0 Å². The summed E-state index contributed by atoms with van der Waals surface area (Å²) in [5, 5.41) is 4.24. The molecule has 0 aliphatic carbocycles.